The van der Waals surface area contributed by atoms with E-state index in [-0.39, 0.29) is 18.6 Å². The van der Waals surface area contributed by atoms with Gasteiger partial charge in [0.05, 0.1) is 5.56 Å². The summed E-state index contributed by atoms with van der Waals surface area (Å²) >= 11 is 0. The van der Waals surface area contributed by atoms with Gasteiger partial charge in [0.25, 0.3) is 5.56 Å². The van der Waals surface area contributed by atoms with E-state index in [9.17, 15) is 19.2 Å². The summed E-state index contributed by atoms with van der Waals surface area (Å²) in [6.45, 7) is 4.55. The molecule has 0 bridgehead atoms. The molecule has 0 saturated carbocycles. The lowest BCUT2D eigenvalue weighted by Crippen LogP contribution is -2.33. The number of unbranched alkanes of at least 4 members (excludes halogenated alkanes) is 5. The van der Waals surface area contributed by atoms with Crippen molar-refractivity contribution < 1.29 is 28.3 Å². The fraction of sp³-hybridized carbons (Fsp3) is 0.625. The van der Waals surface area contributed by atoms with Crippen LogP contribution in [0.4, 0.5) is 0 Å². The van der Waals surface area contributed by atoms with Crippen LogP contribution in [0.3, 0.4) is 0 Å². The molecule has 0 aliphatic carbocycles. The second-order valence-electron chi connectivity index (χ2n) is 8.72. The van der Waals surface area contributed by atoms with Crippen molar-refractivity contribution in [2.45, 2.75) is 90.6 Å². The van der Waals surface area contributed by atoms with E-state index in [4.69, 9.17) is 18.7 Å². The molecule has 1 N–H and O–H groups in total. The lowest BCUT2D eigenvalue weighted by Gasteiger charge is -2.17. The van der Waals surface area contributed by atoms with Crippen molar-refractivity contribution in [1.82, 2.24) is 14.7 Å². The molecular formula is C24H33N3O8. The Kier molecular flexibility index (Phi) is 9.41. The Morgan fingerprint density at radius 1 is 1.14 bits per heavy atom. The average Bonchev–Trinajstić information content (AvgIpc) is 3.41. The molecule has 3 heterocycles. The molecule has 3 atom stereocenters. The quantitative estimate of drug-likeness (QED) is 0.350. The zero-order valence-electron chi connectivity index (χ0n) is 20.4. The first-order chi connectivity index (χ1) is 16.8. The number of aromatic amines is 1. The molecule has 1 aliphatic heterocycles. The number of nitrogens with one attached hydrogen (secondary N) is 1. The second-order valence-corrected chi connectivity index (χ2v) is 8.72. The van der Waals surface area contributed by atoms with Gasteiger partial charge in [0.1, 0.15) is 36.5 Å². The number of aromatic nitrogens is 3. The summed E-state index contributed by atoms with van der Waals surface area (Å²) in [5.41, 5.74) is -0.823. The van der Waals surface area contributed by atoms with Gasteiger partial charge in [0.15, 0.2) is 0 Å². The number of rotatable bonds is 12. The summed E-state index contributed by atoms with van der Waals surface area (Å²) in [5.74, 6) is -0.367. The van der Waals surface area contributed by atoms with E-state index in [1.807, 2.05) is 0 Å². The van der Waals surface area contributed by atoms with E-state index in [1.165, 1.54) is 50.3 Å². The highest BCUT2D eigenvalue weighted by Gasteiger charge is 2.40. The van der Waals surface area contributed by atoms with Gasteiger partial charge >= 0.3 is 17.6 Å². The van der Waals surface area contributed by atoms with Gasteiger partial charge in [0.2, 0.25) is 0 Å². The fourth-order valence-corrected chi connectivity index (χ4v) is 4.08. The normalized spacial score (nSPS) is 19.6. The van der Waals surface area contributed by atoms with Gasteiger partial charge < -0.3 is 18.7 Å². The van der Waals surface area contributed by atoms with Crippen molar-refractivity contribution in [1.29, 1.82) is 0 Å². The average molecular weight is 492 g/mol. The first-order valence-corrected chi connectivity index (χ1v) is 12.1. The highest BCUT2D eigenvalue weighted by Crippen LogP contribution is 2.31. The van der Waals surface area contributed by atoms with E-state index < -0.39 is 41.6 Å². The van der Waals surface area contributed by atoms with E-state index >= 15 is 0 Å². The number of nitrogens with zero attached hydrogens (tertiary/aromatic N) is 2. The van der Waals surface area contributed by atoms with E-state index in [2.05, 4.69) is 17.1 Å². The monoisotopic (exact) mass is 491 g/mol. The third-order valence-corrected chi connectivity index (χ3v) is 5.84. The Morgan fingerprint density at radius 3 is 2.60 bits per heavy atom. The minimum absolute atomic E-state index is 0.138. The summed E-state index contributed by atoms with van der Waals surface area (Å²) in [6.07, 6.45) is 6.77. The number of ether oxygens (including phenoxy) is 3. The van der Waals surface area contributed by atoms with E-state index in [0.29, 0.717) is 17.9 Å². The number of hydrogen-bond acceptors (Lipinski definition) is 9. The highest BCUT2D eigenvalue weighted by molar-refractivity contribution is 5.66. The van der Waals surface area contributed by atoms with Crippen molar-refractivity contribution in [3.8, 4) is 11.3 Å². The molecule has 1 fully saturated rings. The summed E-state index contributed by atoms with van der Waals surface area (Å²) < 4.78 is 22.8. The number of carbonyl (C=O) groups excluding carboxylic acids is 2. The predicted octanol–water partition coefficient (Wildman–Crippen LogP) is 2.88. The molecule has 1 saturated heterocycles. The Balaban J connectivity index is 1.74. The topological polar surface area (TPSA) is 143 Å². The standard InChI is InChI=1S/C24H33N3O8/c1-4-5-6-7-8-9-10-17-11-19(26-35-17)18-13-27(24(31)25-23(18)30)22-12-20(33-16(3)29)21(34-22)14-32-15(2)28/h11,13,20-22H,4-10,12,14H2,1-3H3,(H,25,30,31)/t20-,21+,22+/m0/s1. The van der Waals surface area contributed by atoms with Gasteiger partial charge in [-0.15, -0.1) is 0 Å². The largest absolute Gasteiger partial charge is 0.463 e. The van der Waals surface area contributed by atoms with Crippen LogP contribution in [0.1, 0.15) is 77.7 Å². The van der Waals surface area contributed by atoms with Crippen LogP contribution < -0.4 is 11.2 Å². The van der Waals surface area contributed by atoms with Crippen LogP contribution in [0.25, 0.3) is 11.3 Å². The van der Waals surface area contributed by atoms with E-state index in [1.54, 1.807) is 6.07 Å². The molecule has 11 nitrogen and oxygen atoms in total. The third-order valence-electron chi connectivity index (χ3n) is 5.84. The number of hydrogen-bond donors (Lipinski definition) is 1. The van der Waals surface area contributed by atoms with Crippen molar-refractivity contribution in [3.63, 3.8) is 0 Å². The summed E-state index contributed by atoms with van der Waals surface area (Å²) in [4.78, 5) is 50.1. The van der Waals surface area contributed by atoms with Crippen LogP contribution in [0.2, 0.25) is 0 Å². The van der Waals surface area contributed by atoms with Gasteiger partial charge in [-0.1, -0.05) is 44.2 Å². The number of carbonyl (C=O) groups is 2. The third kappa shape index (κ3) is 7.38. The molecule has 2 aromatic rings. The number of aryl methyl sites for hydroxylation is 1. The zero-order valence-corrected chi connectivity index (χ0v) is 20.4. The smallest absolute Gasteiger partial charge is 0.330 e. The van der Waals surface area contributed by atoms with Crippen LogP contribution in [0, 0.1) is 0 Å². The zero-order chi connectivity index (χ0) is 25.4. The lowest BCUT2D eigenvalue weighted by atomic mass is 10.1. The first kappa shape index (κ1) is 26.4. The van der Waals surface area contributed by atoms with Crippen LogP contribution in [0.5, 0.6) is 0 Å². The maximum absolute atomic E-state index is 12.6. The number of H-pyrrole nitrogens is 1. The molecule has 0 amide bonds. The number of esters is 2. The van der Waals surface area contributed by atoms with Crippen molar-refractivity contribution in [2.24, 2.45) is 0 Å². The van der Waals surface area contributed by atoms with E-state index in [0.717, 1.165) is 12.8 Å². The first-order valence-electron chi connectivity index (χ1n) is 12.1. The molecule has 35 heavy (non-hydrogen) atoms. The van der Waals surface area contributed by atoms with Crippen LogP contribution >= 0.6 is 0 Å². The molecule has 0 radical (unpaired) electrons. The lowest BCUT2D eigenvalue weighted by molar-refractivity contribution is -0.155. The molecule has 0 aromatic carbocycles. The maximum Gasteiger partial charge on any atom is 0.330 e. The fourth-order valence-electron chi connectivity index (χ4n) is 4.08. The van der Waals surface area contributed by atoms with Gasteiger partial charge in [-0.05, 0) is 6.42 Å². The van der Waals surface area contributed by atoms with Crippen LogP contribution in [-0.4, -0.2) is 45.5 Å². The van der Waals surface area contributed by atoms with Crippen LogP contribution in [-0.2, 0) is 30.2 Å². The van der Waals surface area contributed by atoms with Gasteiger partial charge in [0, 0.05) is 39.0 Å². The minimum atomic E-state index is -0.850. The Morgan fingerprint density at radius 2 is 1.89 bits per heavy atom. The minimum Gasteiger partial charge on any atom is -0.463 e. The SMILES string of the molecule is CCCCCCCCc1cc(-c2cn([C@H]3C[C@H](OC(C)=O)[C@@H](COC(C)=O)O3)c(=O)[nH]c2=O)no1. The van der Waals surface area contributed by atoms with Crippen molar-refractivity contribution >= 4 is 11.9 Å². The Hall–Kier alpha value is -3.21. The molecule has 2 aromatic heterocycles. The van der Waals surface area contributed by atoms with Gasteiger partial charge in [-0.25, -0.2) is 4.79 Å². The summed E-state index contributed by atoms with van der Waals surface area (Å²) in [7, 11) is 0. The molecule has 1 aliphatic rings. The van der Waals surface area contributed by atoms with Crippen molar-refractivity contribution in [3.05, 3.63) is 38.9 Å². The van der Waals surface area contributed by atoms with Crippen LogP contribution in [0.15, 0.2) is 26.4 Å². The molecule has 0 spiro atoms. The Labute approximate surface area is 202 Å². The van der Waals surface area contributed by atoms with Gasteiger partial charge in [-0.3, -0.25) is 23.9 Å². The molecule has 11 heteroatoms. The molecule has 0 unspecified atom stereocenters. The maximum atomic E-state index is 12.6. The second kappa shape index (κ2) is 12.5. The van der Waals surface area contributed by atoms with Crippen molar-refractivity contribution in [2.75, 3.05) is 6.61 Å². The predicted molar refractivity (Wildman–Crippen MR) is 125 cm³/mol. The molecule has 3 rings (SSSR count). The highest BCUT2D eigenvalue weighted by atomic mass is 16.6. The summed E-state index contributed by atoms with van der Waals surface area (Å²) in [6, 6.07) is 1.70. The Bertz CT molecular complexity index is 1120. The molecule has 192 valence electrons. The van der Waals surface area contributed by atoms with Gasteiger partial charge in [-0.2, -0.15) is 0 Å². The molecular weight excluding hydrogens is 458 g/mol. The summed E-state index contributed by atoms with van der Waals surface area (Å²) in [5, 5.41) is 4.01.